The van der Waals surface area contributed by atoms with Crippen LogP contribution < -0.4 is 4.74 Å². The van der Waals surface area contributed by atoms with Gasteiger partial charge in [0.15, 0.2) is 0 Å². The smallest absolute Gasteiger partial charge is 0.222 e. The molecule has 0 saturated heterocycles. The first-order chi connectivity index (χ1) is 8.74. The Hall–Kier alpha value is -1.51. The molecule has 0 aromatic heterocycles. The Morgan fingerprint density at radius 1 is 1.44 bits per heavy atom. The van der Waals surface area contributed by atoms with E-state index in [1.54, 1.807) is 0 Å². The lowest BCUT2D eigenvalue weighted by molar-refractivity contribution is -0.132. The number of benzene rings is 1. The second-order valence-electron chi connectivity index (χ2n) is 4.80. The van der Waals surface area contributed by atoms with Crippen molar-refractivity contribution in [1.29, 1.82) is 0 Å². The van der Waals surface area contributed by atoms with Gasteiger partial charge < -0.3 is 9.64 Å². The van der Waals surface area contributed by atoms with Gasteiger partial charge in [-0.2, -0.15) is 0 Å². The summed E-state index contributed by atoms with van der Waals surface area (Å²) in [6.07, 6.45) is 3.55. The number of unbranched alkanes of at least 4 members (excludes halogenated alkanes) is 1. The van der Waals surface area contributed by atoms with Gasteiger partial charge in [0.25, 0.3) is 0 Å². The van der Waals surface area contributed by atoms with E-state index in [0.29, 0.717) is 13.0 Å². The predicted molar refractivity (Wildman–Crippen MR) is 71.6 cm³/mol. The maximum atomic E-state index is 12.1. The molecule has 0 bridgehead atoms. The zero-order valence-corrected chi connectivity index (χ0v) is 11.2. The number of carbonyl (C=O) groups excluding carboxylic acids is 1. The van der Waals surface area contributed by atoms with Gasteiger partial charge in [-0.1, -0.05) is 31.5 Å². The number of amides is 1. The highest BCUT2D eigenvalue weighted by Crippen LogP contribution is 2.35. The maximum absolute atomic E-state index is 12.1. The van der Waals surface area contributed by atoms with Gasteiger partial charge in [0.1, 0.15) is 5.75 Å². The molecule has 1 atom stereocenters. The van der Waals surface area contributed by atoms with E-state index in [1.807, 2.05) is 30.1 Å². The SMILES string of the molecule is CCCCC(=O)N(C)C1CCOc2ccccc21. The fourth-order valence-corrected chi connectivity index (χ4v) is 2.40. The van der Waals surface area contributed by atoms with Crippen molar-refractivity contribution in [2.24, 2.45) is 0 Å². The van der Waals surface area contributed by atoms with Crippen molar-refractivity contribution in [3.63, 3.8) is 0 Å². The molecule has 3 nitrogen and oxygen atoms in total. The molecule has 0 spiro atoms. The molecule has 2 rings (SSSR count). The van der Waals surface area contributed by atoms with Gasteiger partial charge >= 0.3 is 0 Å². The standard InChI is InChI=1S/C15H21NO2/c1-3-4-9-15(17)16(2)13-10-11-18-14-8-6-5-7-12(13)14/h5-8,13H,3-4,9-11H2,1-2H3. The molecule has 0 radical (unpaired) electrons. The molecule has 98 valence electrons. The summed E-state index contributed by atoms with van der Waals surface area (Å²) >= 11 is 0. The van der Waals surface area contributed by atoms with Gasteiger partial charge in [-0.05, 0) is 12.5 Å². The molecule has 1 unspecified atom stereocenters. The van der Waals surface area contributed by atoms with Crippen molar-refractivity contribution >= 4 is 5.91 Å². The fourth-order valence-electron chi connectivity index (χ4n) is 2.40. The van der Waals surface area contributed by atoms with E-state index < -0.39 is 0 Å². The minimum Gasteiger partial charge on any atom is -0.493 e. The zero-order valence-electron chi connectivity index (χ0n) is 11.2. The molecule has 1 amide bonds. The molecule has 0 aliphatic carbocycles. The molecule has 1 aliphatic heterocycles. The molecule has 18 heavy (non-hydrogen) atoms. The third-order valence-corrected chi connectivity index (χ3v) is 3.53. The Labute approximate surface area is 109 Å². The average molecular weight is 247 g/mol. The second kappa shape index (κ2) is 5.89. The van der Waals surface area contributed by atoms with Crippen LogP contribution in [0.25, 0.3) is 0 Å². The minimum absolute atomic E-state index is 0.166. The highest BCUT2D eigenvalue weighted by molar-refractivity contribution is 5.76. The lowest BCUT2D eigenvalue weighted by atomic mass is 9.99. The molecule has 1 aliphatic rings. The van der Waals surface area contributed by atoms with E-state index in [4.69, 9.17) is 4.74 Å². The van der Waals surface area contributed by atoms with Crippen LogP contribution in [0.4, 0.5) is 0 Å². The van der Waals surface area contributed by atoms with Gasteiger partial charge in [-0.15, -0.1) is 0 Å². The Bertz CT molecular complexity index is 417. The molecular weight excluding hydrogens is 226 g/mol. The molecular formula is C15H21NO2. The molecule has 1 aromatic carbocycles. The van der Waals surface area contributed by atoms with Crippen molar-refractivity contribution < 1.29 is 9.53 Å². The van der Waals surface area contributed by atoms with Crippen LogP contribution in [0.1, 0.15) is 44.2 Å². The normalized spacial score (nSPS) is 17.8. The summed E-state index contributed by atoms with van der Waals surface area (Å²) in [7, 11) is 1.91. The molecule has 0 saturated carbocycles. The number of nitrogens with zero attached hydrogens (tertiary/aromatic N) is 1. The highest BCUT2D eigenvalue weighted by atomic mass is 16.5. The number of rotatable bonds is 4. The van der Waals surface area contributed by atoms with Crippen molar-refractivity contribution in [2.45, 2.75) is 38.6 Å². The quantitative estimate of drug-likeness (QED) is 0.818. The third-order valence-electron chi connectivity index (χ3n) is 3.53. The average Bonchev–Trinajstić information content (AvgIpc) is 2.43. The summed E-state index contributed by atoms with van der Waals surface area (Å²) in [6, 6.07) is 8.18. The number of hydrogen-bond donors (Lipinski definition) is 0. The van der Waals surface area contributed by atoms with Crippen LogP contribution in [-0.4, -0.2) is 24.5 Å². The first-order valence-corrected chi connectivity index (χ1v) is 6.71. The summed E-state index contributed by atoms with van der Waals surface area (Å²) in [5.41, 5.74) is 1.14. The Morgan fingerprint density at radius 3 is 3.00 bits per heavy atom. The lowest BCUT2D eigenvalue weighted by Crippen LogP contribution is -2.34. The summed E-state index contributed by atoms with van der Waals surface area (Å²) in [5.74, 6) is 1.16. The van der Waals surface area contributed by atoms with E-state index in [0.717, 1.165) is 30.6 Å². The van der Waals surface area contributed by atoms with Crippen molar-refractivity contribution in [3.8, 4) is 5.75 Å². The van der Waals surface area contributed by atoms with Gasteiger partial charge in [-0.25, -0.2) is 0 Å². The number of para-hydroxylation sites is 1. The first-order valence-electron chi connectivity index (χ1n) is 6.71. The van der Waals surface area contributed by atoms with E-state index in [1.165, 1.54) is 0 Å². The topological polar surface area (TPSA) is 29.5 Å². The van der Waals surface area contributed by atoms with Crippen LogP contribution >= 0.6 is 0 Å². The van der Waals surface area contributed by atoms with Gasteiger partial charge in [0.2, 0.25) is 5.91 Å². The maximum Gasteiger partial charge on any atom is 0.222 e. The van der Waals surface area contributed by atoms with Gasteiger partial charge in [0.05, 0.1) is 12.6 Å². The molecule has 0 fully saturated rings. The van der Waals surface area contributed by atoms with Crippen LogP contribution in [0, 0.1) is 0 Å². The van der Waals surface area contributed by atoms with Crippen molar-refractivity contribution in [1.82, 2.24) is 4.90 Å². The molecule has 3 heteroatoms. The third kappa shape index (κ3) is 2.66. The van der Waals surface area contributed by atoms with E-state index in [9.17, 15) is 4.79 Å². The molecule has 1 heterocycles. The Balaban J connectivity index is 2.12. The van der Waals surface area contributed by atoms with Crippen LogP contribution in [0.3, 0.4) is 0 Å². The summed E-state index contributed by atoms with van der Waals surface area (Å²) in [6.45, 7) is 2.80. The van der Waals surface area contributed by atoms with Crippen LogP contribution in [0.2, 0.25) is 0 Å². The minimum atomic E-state index is 0.166. The number of carbonyl (C=O) groups is 1. The Kier molecular flexibility index (Phi) is 4.24. The molecule has 0 N–H and O–H groups in total. The summed E-state index contributed by atoms with van der Waals surface area (Å²) in [5, 5.41) is 0. The van der Waals surface area contributed by atoms with Crippen molar-refractivity contribution in [2.75, 3.05) is 13.7 Å². The van der Waals surface area contributed by atoms with E-state index in [-0.39, 0.29) is 11.9 Å². The fraction of sp³-hybridized carbons (Fsp3) is 0.533. The first kappa shape index (κ1) is 12.9. The monoisotopic (exact) mass is 247 g/mol. The summed E-state index contributed by atoms with van der Waals surface area (Å²) < 4.78 is 5.63. The number of ether oxygens (including phenoxy) is 1. The predicted octanol–water partition coefficient (Wildman–Crippen LogP) is 3.16. The largest absolute Gasteiger partial charge is 0.493 e. The van der Waals surface area contributed by atoms with Crippen molar-refractivity contribution in [3.05, 3.63) is 29.8 Å². The Morgan fingerprint density at radius 2 is 2.22 bits per heavy atom. The number of fused-ring (bicyclic) bond motifs is 1. The number of hydrogen-bond acceptors (Lipinski definition) is 2. The lowest BCUT2D eigenvalue weighted by Gasteiger charge is -2.33. The van der Waals surface area contributed by atoms with Crippen LogP contribution in [0.15, 0.2) is 24.3 Å². The molecule has 1 aromatic rings. The van der Waals surface area contributed by atoms with Crippen LogP contribution in [0.5, 0.6) is 5.75 Å². The van der Waals surface area contributed by atoms with Gasteiger partial charge in [-0.3, -0.25) is 4.79 Å². The van der Waals surface area contributed by atoms with Crippen LogP contribution in [-0.2, 0) is 4.79 Å². The zero-order chi connectivity index (χ0) is 13.0. The van der Waals surface area contributed by atoms with E-state index in [2.05, 4.69) is 13.0 Å². The highest BCUT2D eigenvalue weighted by Gasteiger charge is 2.26. The summed E-state index contributed by atoms with van der Waals surface area (Å²) in [4.78, 5) is 14.0. The second-order valence-corrected chi connectivity index (χ2v) is 4.80. The van der Waals surface area contributed by atoms with E-state index >= 15 is 0 Å². The van der Waals surface area contributed by atoms with Gasteiger partial charge in [0, 0.05) is 25.5 Å².